The first-order chi connectivity index (χ1) is 12.4. The van der Waals surface area contributed by atoms with E-state index in [0.717, 1.165) is 30.2 Å². The van der Waals surface area contributed by atoms with Gasteiger partial charge < -0.3 is 5.11 Å². The fourth-order valence-corrected chi connectivity index (χ4v) is 4.21. The first-order valence-corrected chi connectivity index (χ1v) is 9.86. The minimum Gasteiger partial charge on any atom is -0.392 e. The van der Waals surface area contributed by atoms with Crippen LogP contribution in [0.3, 0.4) is 0 Å². The first-order valence-electron chi connectivity index (χ1n) is 8.98. The highest BCUT2D eigenvalue weighted by atomic mass is 32.1. The molecule has 0 amide bonds. The van der Waals surface area contributed by atoms with Crippen LogP contribution in [-0.2, 0) is 13.1 Å². The van der Waals surface area contributed by atoms with Crippen LogP contribution in [-0.4, -0.2) is 32.4 Å². The van der Waals surface area contributed by atoms with Crippen molar-refractivity contribution in [2.45, 2.75) is 46.9 Å². The standard InChI is InChI=1S/C21H27N3OS/c1-15-8-9-26-21(15)14-23(12-18(4)25)13-19-6-5-7-20(11-19)24-17(3)10-16(2)22-24/h5-11,18,25H,12-14H2,1-4H3. The summed E-state index contributed by atoms with van der Waals surface area (Å²) in [5.41, 5.74) is 5.79. The molecule has 0 aliphatic rings. The zero-order valence-corrected chi connectivity index (χ0v) is 16.8. The third-order valence-corrected chi connectivity index (χ3v) is 5.44. The van der Waals surface area contributed by atoms with Crippen molar-refractivity contribution in [3.05, 3.63) is 69.2 Å². The number of benzene rings is 1. The average Bonchev–Trinajstić information content (AvgIpc) is 3.12. The number of nitrogens with zero attached hydrogens (tertiary/aromatic N) is 3. The Balaban J connectivity index is 1.81. The van der Waals surface area contributed by atoms with Crippen LogP contribution in [0.15, 0.2) is 41.8 Å². The van der Waals surface area contributed by atoms with Crippen LogP contribution in [0.4, 0.5) is 0 Å². The van der Waals surface area contributed by atoms with Gasteiger partial charge in [0.25, 0.3) is 0 Å². The molecule has 0 saturated carbocycles. The van der Waals surface area contributed by atoms with E-state index in [1.807, 2.05) is 18.5 Å². The summed E-state index contributed by atoms with van der Waals surface area (Å²) in [5, 5.41) is 16.6. The molecule has 2 heterocycles. The van der Waals surface area contributed by atoms with E-state index >= 15 is 0 Å². The van der Waals surface area contributed by atoms with E-state index in [1.54, 1.807) is 11.3 Å². The highest BCUT2D eigenvalue weighted by Gasteiger charge is 2.13. The van der Waals surface area contributed by atoms with Gasteiger partial charge in [-0.3, -0.25) is 4.90 Å². The monoisotopic (exact) mass is 369 g/mol. The lowest BCUT2D eigenvalue weighted by molar-refractivity contribution is 0.118. The van der Waals surface area contributed by atoms with Crippen molar-refractivity contribution >= 4 is 11.3 Å². The Hall–Kier alpha value is -1.95. The molecule has 1 unspecified atom stereocenters. The van der Waals surface area contributed by atoms with Gasteiger partial charge in [-0.1, -0.05) is 12.1 Å². The second-order valence-corrected chi connectivity index (χ2v) is 8.05. The summed E-state index contributed by atoms with van der Waals surface area (Å²) in [6.07, 6.45) is -0.352. The van der Waals surface area contributed by atoms with Crippen LogP contribution in [0.2, 0.25) is 0 Å². The number of aryl methyl sites for hydroxylation is 3. The number of thiophene rings is 1. The number of aromatic nitrogens is 2. The van der Waals surface area contributed by atoms with Gasteiger partial charge >= 0.3 is 0 Å². The van der Waals surface area contributed by atoms with Crippen molar-refractivity contribution in [1.29, 1.82) is 0 Å². The normalized spacial score (nSPS) is 12.7. The van der Waals surface area contributed by atoms with Crippen LogP contribution in [0.5, 0.6) is 0 Å². The summed E-state index contributed by atoms with van der Waals surface area (Å²) in [7, 11) is 0. The quantitative estimate of drug-likeness (QED) is 0.677. The summed E-state index contributed by atoms with van der Waals surface area (Å²) >= 11 is 1.78. The van der Waals surface area contributed by atoms with Crippen molar-refractivity contribution in [2.75, 3.05) is 6.54 Å². The fourth-order valence-electron chi connectivity index (χ4n) is 3.26. The second kappa shape index (κ2) is 8.16. The van der Waals surface area contributed by atoms with Gasteiger partial charge in [-0.25, -0.2) is 4.68 Å². The highest BCUT2D eigenvalue weighted by molar-refractivity contribution is 7.10. The number of aliphatic hydroxyl groups excluding tert-OH is 1. The molecule has 1 aromatic carbocycles. The van der Waals surface area contributed by atoms with Gasteiger partial charge in [0, 0.05) is 30.2 Å². The summed E-state index contributed by atoms with van der Waals surface area (Å²) in [6.45, 7) is 10.4. The molecule has 0 spiro atoms. The van der Waals surface area contributed by atoms with Crippen molar-refractivity contribution in [2.24, 2.45) is 0 Å². The maximum Gasteiger partial charge on any atom is 0.0651 e. The summed E-state index contributed by atoms with van der Waals surface area (Å²) in [6, 6.07) is 12.8. The maximum atomic E-state index is 9.92. The number of rotatable bonds is 7. The molecular weight excluding hydrogens is 342 g/mol. The van der Waals surface area contributed by atoms with Gasteiger partial charge in [0.1, 0.15) is 0 Å². The number of aliphatic hydroxyl groups is 1. The molecule has 0 saturated heterocycles. The first kappa shape index (κ1) is 18.8. The smallest absolute Gasteiger partial charge is 0.0651 e. The molecule has 0 aliphatic heterocycles. The Kier molecular flexibility index (Phi) is 5.91. The molecule has 1 atom stereocenters. The van der Waals surface area contributed by atoms with Crippen molar-refractivity contribution in [3.63, 3.8) is 0 Å². The van der Waals surface area contributed by atoms with E-state index in [4.69, 9.17) is 0 Å². The molecule has 3 rings (SSSR count). The van der Waals surface area contributed by atoms with Crippen molar-refractivity contribution in [3.8, 4) is 5.69 Å². The Bertz CT molecular complexity index is 866. The van der Waals surface area contributed by atoms with E-state index in [1.165, 1.54) is 16.0 Å². The molecule has 4 nitrogen and oxygen atoms in total. The van der Waals surface area contributed by atoms with Gasteiger partial charge in [0.15, 0.2) is 0 Å². The fraction of sp³-hybridized carbons (Fsp3) is 0.381. The number of hydrogen-bond acceptors (Lipinski definition) is 4. The second-order valence-electron chi connectivity index (χ2n) is 7.05. The maximum absolute atomic E-state index is 9.92. The Morgan fingerprint density at radius 1 is 1.15 bits per heavy atom. The van der Waals surface area contributed by atoms with Gasteiger partial charge in [-0.05, 0) is 68.5 Å². The molecule has 0 aliphatic carbocycles. The minimum absolute atomic E-state index is 0.352. The van der Waals surface area contributed by atoms with E-state index in [2.05, 4.69) is 65.6 Å². The minimum atomic E-state index is -0.352. The summed E-state index contributed by atoms with van der Waals surface area (Å²) < 4.78 is 1.99. The molecular formula is C21H27N3OS. The molecule has 26 heavy (non-hydrogen) atoms. The SMILES string of the molecule is Cc1cc(C)n(-c2cccc(CN(Cc3sccc3C)CC(C)O)c2)n1. The third kappa shape index (κ3) is 4.61. The Morgan fingerprint density at radius 3 is 2.58 bits per heavy atom. The average molecular weight is 370 g/mol. The van der Waals surface area contributed by atoms with E-state index < -0.39 is 0 Å². The van der Waals surface area contributed by atoms with Gasteiger partial charge in [0.2, 0.25) is 0 Å². The van der Waals surface area contributed by atoms with Crippen LogP contribution >= 0.6 is 11.3 Å². The molecule has 0 bridgehead atoms. The molecule has 5 heteroatoms. The van der Waals surface area contributed by atoms with Crippen LogP contribution in [0, 0.1) is 20.8 Å². The zero-order chi connectivity index (χ0) is 18.7. The highest BCUT2D eigenvalue weighted by Crippen LogP contribution is 2.20. The van der Waals surface area contributed by atoms with Crippen LogP contribution < -0.4 is 0 Å². The predicted molar refractivity (Wildman–Crippen MR) is 108 cm³/mol. The van der Waals surface area contributed by atoms with E-state index in [0.29, 0.717) is 6.54 Å². The van der Waals surface area contributed by atoms with Crippen molar-refractivity contribution < 1.29 is 5.11 Å². The lowest BCUT2D eigenvalue weighted by Gasteiger charge is -2.24. The lowest BCUT2D eigenvalue weighted by Crippen LogP contribution is -2.30. The van der Waals surface area contributed by atoms with Gasteiger partial charge in [-0.2, -0.15) is 5.10 Å². The topological polar surface area (TPSA) is 41.3 Å². The van der Waals surface area contributed by atoms with Crippen LogP contribution in [0.1, 0.15) is 34.3 Å². The van der Waals surface area contributed by atoms with E-state index in [-0.39, 0.29) is 6.10 Å². The van der Waals surface area contributed by atoms with E-state index in [9.17, 15) is 5.11 Å². The molecule has 2 aromatic heterocycles. The van der Waals surface area contributed by atoms with Crippen molar-refractivity contribution in [1.82, 2.24) is 14.7 Å². The molecule has 0 fully saturated rings. The molecule has 3 aromatic rings. The number of hydrogen-bond donors (Lipinski definition) is 1. The lowest BCUT2D eigenvalue weighted by atomic mass is 10.1. The molecule has 138 valence electrons. The summed E-state index contributed by atoms with van der Waals surface area (Å²) in [4.78, 5) is 3.67. The predicted octanol–water partition coefficient (Wildman–Crippen LogP) is 4.24. The van der Waals surface area contributed by atoms with Gasteiger partial charge in [0.05, 0.1) is 17.5 Å². The molecule has 1 N–H and O–H groups in total. The Labute approximate surface area is 159 Å². The van der Waals surface area contributed by atoms with Crippen LogP contribution in [0.25, 0.3) is 5.69 Å². The largest absolute Gasteiger partial charge is 0.392 e. The zero-order valence-electron chi connectivity index (χ0n) is 15.9. The summed E-state index contributed by atoms with van der Waals surface area (Å²) in [5.74, 6) is 0. The molecule has 0 radical (unpaired) electrons. The Morgan fingerprint density at radius 2 is 1.96 bits per heavy atom. The third-order valence-electron chi connectivity index (χ3n) is 4.43. The van der Waals surface area contributed by atoms with Gasteiger partial charge in [-0.15, -0.1) is 11.3 Å².